The van der Waals surface area contributed by atoms with E-state index < -0.39 is 0 Å². The Hall–Kier alpha value is -2.12. The van der Waals surface area contributed by atoms with Crippen molar-refractivity contribution < 1.29 is 14.8 Å². The predicted octanol–water partition coefficient (Wildman–Crippen LogP) is 4.34. The van der Waals surface area contributed by atoms with Gasteiger partial charge in [0.25, 0.3) is 0 Å². The van der Waals surface area contributed by atoms with Gasteiger partial charge in [0, 0.05) is 28.0 Å². The Bertz CT molecular complexity index is 1100. The van der Waals surface area contributed by atoms with Gasteiger partial charge in [-0.15, -0.1) is 0 Å². The molecule has 2 heterocycles. The first-order chi connectivity index (χ1) is 14.2. The molecule has 1 aliphatic heterocycles. The number of benzene rings is 2. The van der Waals surface area contributed by atoms with E-state index in [1.807, 2.05) is 24.4 Å². The Morgan fingerprint density at radius 2 is 1.93 bits per heavy atom. The molecule has 0 aliphatic carbocycles. The zero-order valence-electron chi connectivity index (χ0n) is 15.8. The molecule has 3 aromatic rings. The second kappa shape index (κ2) is 9.13. The highest BCUT2D eigenvalue weighted by Gasteiger charge is 2.24. The molecule has 1 aliphatic rings. The number of nitrogens with zero attached hydrogens (tertiary/aromatic N) is 2. The quantitative estimate of drug-likeness (QED) is 0.527. The second-order valence-corrected chi connectivity index (χ2v) is 8.64. The molecule has 4 rings (SSSR count). The maximum Gasteiger partial charge on any atom is 0.213 e. The topological polar surface area (TPSA) is 47.6 Å². The first-order valence-corrected chi connectivity index (χ1v) is 11.1. The van der Waals surface area contributed by atoms with Crippen molar-refractivity contribution in [3.63, 3.8) is 0 Å². The van der Waals surface area contributed by atoms with Gasteiger partial charge in [-0.25, -0.2) is 0 Å². The summed E-state index contributed by atoms with van der Waals surface area (Å²) in [5.41, 5.74) is 3.35. The third-order valence-electron chi connectivity index (χ3n) is 4.83. The number of hydrogen-bond donors (Lipinski definition) is 2. The number of hydrogen-bond acceptors (Lipinski definition) is 4. The highest BCUT2D eigenvalue weighted by atomic mass is 79.9. The van der Waals surface area contributed by atoms with Gasteiger partial charge in [-0.3, -0.25) is 0 Å². The number of fused-ring (bicyclic) bond motifs is 2. The number of allylic oxidation sites excluding steroid dienone is 2. The van der Waals surface area contributed by atoms with Crippen LogP contribution >= 0.6 is 27.7 Å². The smallest absolute Gasteiger partial charge is 0.213 e. The third-order valence-corrected chi connectivity index (χ3v) is 6.45. The third kappa shape index (κ3) is 4.26. The number of aliphatic hydroxyl groups is 2. The van der Waals surface area contributed by atoms with Crippen molar-refractivity contribution in [2.24, 2.45) is 0 Å². The van der Waals surface area contributed by atoms with Crippen molar-refractivity contribution in [3.8, 4) is 0 Å². The van der Waals surface area contributed by atoms with Crippen molar-refractivity contribution in [2.45, 2.75) is 11.4 Å². The van der Waals surface area contributed by atoms with Gasteiger partial charge in [0.2, 0.25) is 5.52 Å². The van der Waals surface area contributed by atoms with E-state index in [1.165, 1.54) is 4.90 Å². The van der Waals surface area contributed by atoms with E-state index in [0.717, 1.165) is 31.7 Å². The van der Waals surface area contributed by atoms with E-state index in [-0.39, 0.29) is 13.2 Å². The number of para-hydroxylation sites is 1. The number of rotatable bonds is 6. The minimum atomic E-state index is 0.0990. The zero-order chi connectivity index (χ0) is 20.2. The van der Waals surface area contributed by atoms with Crippen molar-refractivity contribution in [1.29, 1.82) is 0 Å². The van der Waals surface area contributed by atoms with Crippen LogP contribution < -0.4 is 9.47 Å². The summed E-state index contributed by atoms with van der Waals surface area (Å²) in [6, 6.07) is 16.5. The van der Waals surface area contributed by atoms with Gasteiger partial charge in [-0.2, -0.15) is 4.57 Å². The number of anilines is 1. The molecule has 0 saturated carbocycles. The number of thioether (sulfide) groups is 1. The van der Waals surface area contributed by atoms with Crippen molar-refractivity contribution in [1.82, 2.24) is 0 Å². The highest BCUT2D eigenvalue weighted by molar-refractivity contribution is 9.10. The second-order valence-electron chi connectivity index (χ2n) is 6.66. The summed E-state index contributed by atoms with van der Waals surface area (Å²) in [5.74, 6) is 0. The number of aliphatic hydroxyl groups excluding tert-OH is 2. The van der Waals surface area contributed by atoms with Crippen LogP contribution in [0.2, 0.25) is 0 Å². The monoisotopic (exact) mass is 469 g/mol. The van der Waals surface area contributed by atoms with Crippen molar-refractivity contribution in [3.05, 3.63) is 81.9 Å². The molecule has 6 heteroatoms. The Balaban J connectivity index is 1.65. The van der Waals surface area contributed by atoms with Crippen molar-refractivity contribution in [2.75, 3.05) is 24.7 Å². The van der Waals surface area contributed by atoms with Crippen LogP contribution in [0, 0.1) is 0 Å². The lowest BCUT2D eigenvalue weighted by atomic mass is 10.1. The maximum atomic E-state index is 9.50. The van der Waals surface area contributed by atoms with Gasteiger partial charge in [0.05, 0.1) is 22.7 Å². The molecular weight excluding hydrogens is 448 g/mol. The molecule has 0 atom stereocenters. The molecule has 2 N–H and O–H groups in total. The van der Waals surface area contributed by atoms with Crippen LogP contribution in [0.15, 0.2) is 81.3 Å². The molecule has 4 nitrogen and oxygen atoms in total. The highest BCUT2D eigenvalue weighted by Crippen LogP contribution is 2.46. The normalized spacial score (nSPS) is 15.0. The molecule has 148 valence electrons. The Morgan fingerprint density at radius 1 is 1.07 bits per heavy atom. The summed E-state index contributed by atoms with van der Waals surface area (Å²) in [6.07, 6.45) is 8.28. The van der Waals surface area contributed by atoms with Gasteiger partial charge in [-0.05, 0) is 35.9 Å². The Kier molecular flexibility index (Phi) is 6.35. The fourth-order valence-corrected chi connectivity index (χ4v) is 4.95. The predicted molar refractivity (Wildman–Crippen MR) is 123 cm³/mol. The van der Waals surface area contributed by atoms with Gasteiger partial charge in [-0.1, -0.05) is 52.0 Å². The number of pyridine rings is 1. The lowest BCUT2D eigenvalue weighted by molar-refractivity contribution is -0.672. The maximum absolute atomic E-state index is 9.50. The average Bonchev–Trinajstić information content (AvgIpc) is 3.07. The van der Waals surface area contributed by atoms with Crippen LogP contribution in [0.25, 0.3) is 17.0 Å². The van der Waals surface area contributed by atoms with Gasteiger partial charge < -0.3 is 15.1 Å². The molecule has 0 radical (unpaired) electrons. The number of aromatic nitrogens is 1. The standard InChI is InChI=1S/C23H22BrN2O2S/c24-18-8-9-22-21(16-18)26(13-15-28)23(29-22)7-3-4-17-10-11-25(12-14-27)20-6-2-1-5-19(17)20/h1-11,16,27-28H,12-15H2/q+1. The first kappa shape index (κ1) is 20.2. The first-order valence-electron chi connectivity index (χ1n) is 9.47. The van der Waals surface area contributed by atoms with E-state index in [2.05, 4.69) is 74.0 Å². The van der Waals surface area contributed by atoms with E-state index in [9.17, 15) is 10.2 Å². The fourth-order valence-electron chi connectivity index (χ4n) is 3.52. The number of halogens is 1. The van der Waals surface area contributed by atoms with E-state index in [0.29, 0.717) is 13.1 Å². The molecule has 2 aromatic carbocycles. The summed E-state index contributed by atoms with van der Waals surface area (Å²) < 4.78 is 3.10. The van der Waals surface area contributed by atoms with Crippen LogP contribution in [-0.2, 0) is 6.54 Å². The zero-order valence-corrected chi connectivity index (χ0v) is 18.2. The van der Waals surface area contributed by atoms with Crippen LogP contribution in [0.1, 0.15) is 5.56 Å². The summed E-state index contributed by atoms with van der Waals surface area (Å²) in [6.45, 7) is 1.35. The Labute approximate surface area is 182 Å². The largest absolute Gasteiger partial charge is 0.395 e. The summed E-state index contributed by atoms with van der Waals surface area (Å²) in [7, 11) is 0. The van der Waals surface area contributed by atoms with Crippen LogP contribution in [0.5, 0.6) is 0 Å². The lowest BCUT2D eigenvalue weighted by Crippen LogP contribution is -2.36. The molecule has 0 unspecified atom stereocenters. The van der Waals surface area contributed by atoms with Gasteiger partial charge in [0.1, 0.15) is 6.61 Å². The molecule has 0 spiro atoms. The molecule has 0 bridgehead atoms. The van der Waals surface area contributed by atoms with E-state index in [4.69, 9.17) is 0 Å². The van der Waals surface area contributed by atoms with Crippen LogP contribution in [0.3, 0.4) is 0 Å². The molecule has 0 fully saturated rings. The Morgan fingerprint density at radius 3 is 2.76 bits per heavy atom. The van der Waals surface area contributed by atoms with Crippen molar-refractivity contribution >= 4 is 50.4 Å². The van der Waals surface area contributed by atoms with E-state index >= 15 is 0 Å². The average molecular weight is 470 g/mol. The van der Waals surface area contributed by atoms with E-state index in [1.54, 1.807) is 11.8 Å². The molecule has 0 saturated heterocycles. The lowest BCUT2D eigenvalue weighted by Gasteiger charge is -2.18. The molecule has 0 amide bonds. The number of β-amino-alcohol motifs (C(OH)–C–C–N with tert-alkyl or cyclic N) is 1. The fraction of sp³-hybridized carbons (Fsp3) is 0.174. The summed E-state index contributed by atoms with van der Waals surface area (Å²) in [4.78, 5) is 3.34. The van der Waals surface area contributed by atoms with Crippen LogP contribution in [-0.4, -0.2) is 30.0 Å². The minimum absolute atomic E-state index is 0.0990. The minimum Gasteiger partial charge on any atom is -0.395 e. The molecule has 1 aromatic heterocycles. The summed E-state index contributed by atoms with van der Waals surface area (Å²) in [5, 5.41) is 21.0. The SMILES string of the molecule is OCCN1C(=CC=Cc2cc[n+](CCO)c3ccccc23)Sc2ccc(Br)cc21. The van der Waals surface area contributed by atoms with Gasteiger partial charge in [0.15, 0.2) is 12.7 Å². The molecule has 29 heavy (non-hydrogen) atoms. The van der Waals surface area contributed by atoms with Gasteiger partial charge >= 0.3 is 0 Å². The molecular formula is C23H22BrN2O2S+. The summed E-state index contributed by atoms with van der Waals surface area (Å²) >= 11 is 5.25. The van der Waals surface area contributed by atoms with Crippen LogP contribution in [0.4, 0.5) is 5.69 Å².